The second-order valence-electron chi connectivity index (χ2n) is 5.04. The number of hydrogen-bond acceptors (Lipinski definition) is 0. The maximum Gasteiger partial charge on any atom is 0.136 e. The molecule has 4 radical (unpaired) electrons. The third-order valence-electron chi connectivity index (χ3n) is 3.62. The van der Waals surface area contributed by atoms with Crippen LogP contribution < -0.4 is 4.57 Å². The van der Waals surface area contributed by atoms with E-state index in [0.29, 0.717) is 0 Å². The smallest absolute Gasteiger partial charge is 0.136 e. The van der Waals surface area contributed by atoms with Crippen molar-refractivity contribution >= 4 is 25.3 Å². The summed E-state index contributed by atoms with van der Waals surface area (Å²) in [6, 6.07) is 18.2. The normalized spacial score (nSPS) is 9.73. The summed E-state index contributed by atoms with van der Waals surface area (Å²) in [6.45, 7) is 7.74. The Hall–Kier alpha value is -1.24. The van der Waals surface area contributed by atoms with Crippen LogP contribution in [0.4, 0.5) is 0 Å². The number of aromatic nitrogens is 1. The van der Waals surface area contributed by atoms with Gasteiger partial charge in [0.05, 0.1) is 0 Å². The van der Waals surface area contributed by atoms with Gasteiger partial charge in [0.25, 0.3) is 0 Å². The van der Waals surface area contributed by atoms with Gasteiger partial charge in [-0.25, -0.2) is 4.57 Å². The summed E-state index contributed by atoms with van der Waals surface area (Å²) in [6.07, 6.45) is 3.60. The molecular weight excluding hydrogens is 342 g/mol. The fourth-order valence-corrected chi connectivity index (χ4v) is 2.50. The molecule has 0 aliphatic rings. The first-order valence-corrected chi connectivity index (χ1v) is 6.66. The maximum atomic E-state index is 5.61. The monoisotopic (exact) mass is 358 g/mol. The standard InChI is InChI=1S/C19H16N.B.Y/c1-4-15-9-10-20(3)19(12-15)18-13-17-8-6-5-7-16(17)11-14(18)2;;/h1,4-11,13H,2-3H3;;/q-1;;. The molecule has 0 saturated heterocycles. The summed E-state index contributed by atoms with van der Waals surface area (Å²) in [4.78, 5) is 0. The van der Waals surface area contributed by atoms with Gasteiger partial charge in [0, 0.05) is 41.1 Å². The average Bonchev–Trinajstić information content (AvgIpc) is 2.47. The number of benzene rings is 2. The average molecular weight is 358 g/mol. The molecule has 104 valence electrons. The topological polar surface area (TPSA) is 3.88 Å². The van der Waals surface area contributed by atoms with Crippen molar-refractivity contribution in [1.82, 2.24) is 0 Å². The molecule has 3 aromatic rings. The maximum absolute atomic E-state index is 5.61. The van der Waals surface area contributed by atoms with E-state index >= 15 is 0 Å². The molecule has 0 atom stereocenters. The minimum atomic E-state index is 0. The second-order valence-corrected chi connectivity index (χ2v) is 5.04. The minimum absolute atomic E-state index is 0. The molecule has 1 nitrogen and oxygen atoms in total. The molecule has 3 rings (SSSR count). The van der Waals surface area contributed by atoms with Gasteiger partial charge in [-0.1, -0.05) is 42.0 Å². The van der Waals surface area contributed by atoms with E-state index in [1.165, 1.54) is 21.9 Å². The van der Waals surface area contributed by atoms with Crippen molar-refractivity contribution in [2.45, 2.75) is 6.92 Å². The van der Waals surface area contributed by atoms with Crippen LogP contribution in [0.1, 0.15) is 11.1 Å². The zero-order valence-electron chi connectivity index (χ0n) is 12.9. The van der Waals surface area contributed by atoms with Crippen molar-refractivity contribution in [3.63, 3.8) is 0 Å². The fraction of sp³-hybridized carbons (Fsp3) is 0.105. The Morgan fingerprint density at radius 2 is 1.73 bits per heavy atom. The van der Waals surface area contributed by atoms with Crippen molar-refractivity contribution in [3.8, 4) is 11.3 Å². The van der Waals surface area contributed by atoms with Crippen LogP contribution in [-0.2, 0) is 39.8 Å². The van der Waals surface area contributed by atoms with E-state index in [0.717, 1.165) is 11.3 Å². The number of nitrogens with zero attached hydrogens (tertiary/aromatic N) is 1. The summed E-state index contributed by atoms with van der Waals surface area (Å²) in [7, 11) is 2.03. The van der Waals surface area contributed by atoms with Gasteiger partial charge in [-0.3, -0.25) is 5.56 Å². The van der Waals surface area contributed by atoms with Gasteiger partial charge < -0.3 is 12.7 Å². The first-order chi connectivity index (χ1) is 9.69. The van der Waals surface area contributed by atoms with Gasteiger partial charge in [-0.05, 0) is 23.3 Å². The van der Waals surface area contributed by atoms with Crippen molar-refractivity contribution < 1.29 is 37.3 Å². The molecule has 2 aromatic carbocycles. The zero-order valence-corrected chi connectivity index (χ0v) is 15.7. The Morgan fingerprint density at radius 3 is 2.36 bits per heavy atom. The van der Waals surface area contributed by atoms with Crippen molar-refractivity contribution in [1.29, 1.82) is 0 Å². The molecule has 1 heterocycles. The van der Waals surface area contributed by atoms with Crippen molar-refractivity contribution in [3.05, 3.63) is 72.4 Å². The van der Waals surface area contributed by atoms with E-state index in [1.807, 2.05) is 19.3 Å². The predicted molar refractivity (Wildman–Crippen MR) is 88.7 cm³/mol. The molecule has 0 N–H and O–H groups in total. The molecule has 22 heavy (non-hydrogen) atoms. The number of rotatable bonds is 2. The summed E-state index contributed by atoms with van der Waals surface area (Å²) >= 11 is 0. The molecule has 0 amide bonds. The summed E-state index contributed by atoms with van der Waals surface area (Å²) in [5.74, 6) is 0. The van der Waals surface area contributed by atoms with Crippen LogP contribution in [0.2, 0.25) is 0 Å². The molecule has 0 aliphatic heterocycles. The van der Waals surface area contributed by atoms with Gasteiger partial charge in [-0.2, -0.15) is 12.1 Å². The van der Waals surface area contributed by atoms with Crippen LogP contribution in [0, 0.1) is 19.6 Å². The Balaban J connectivity index is 0.00000121. The number of aryl methyl sites for hydroxylation is 2. The molecule has 0 aliphatic carbocycles. The molecule has 0 spiro atoms. The molecule has 0 unspecified atom stereocenters. The molecule has 1 aromatic heterocycles. The SMILES string of the molecule is [B].[CH-]=Cc1[c-]c(-c2cc3ccccc3cc2C)[n+](C)cc1.[Y]. The van der Waals surface area contributed by atoms with Gasteiger partial charge in [0.2, 0.25) is 0 Å². The van der Waals surface area contributed by atoms with Crippen LogP contribution in [0.3, 0.4) is 0 Å². The number of hydrogen-bond donors (Lipinski definition) is 0. The van der Waals surface area contributed by atoms with Gasteiger partial charge in [0.15, 0.2) is 0 Å². The second kappa shape index (κ2) is 7.85. The van der Waals surface area contributed by atoms with E-state index in [-0.39, 0.29) is 41.1 Å². The van der Waals surface area contributed by atoms with Crippen LogP contribution in [0.15, 0.2) is 48.7 Å². The Bertz CT molecular complexity index is 812. The minimum Gasteiger partial charge on any atom is -0.344 e. The van der Waals surface area contributed by atoms with Crippen molar-refractivity contribution in [2.24, 2.45) is 7.05 Å². The Kier molecular flexibility index (Phi) is 6.71. The third-order valence-corrected chi connectivity index (χ3v) is 3.62. The predicted octanol–water partition coefficient (Wildman–Crippen LogP) is 3.50. The number of fused-ring (bicyclic) bond motifs is 1. The van der Waals surface area contributed by atoms with Crippen molar-refractivity contribution in [2.75, 3.05) is 0 Å². The molecular formula is C19H16BNY-. The van der Waals surface area contributed by atoms with Crippen LogP contribution in [0.25, 0.3) is 28.1 Å². The van der Waals surface area contributed by atoms with Gasteiger partial charge in [0.1, 0.15) is 18.9 Å². The van der Waals surface area contributed by atoms with Crippen LogP contribution >= 0.6 is 0 Å². The van der Waals surface area contributed by atoms with Crippen LogP contribution in [-0.4, -0.2) is 8.41 Å². The number of pyridine rings is 1. The largest absolute Gasteiger partial charge is 0.344 e. The van der Waals surface area contributed by atoms with E-state index in [4.69, 9.17) is 6.58 Å². The molecule has 0 fully saturated rings. The van der Waals surface area contributed by atoms with E-state index < -0.39 is 0 Å². The molecule has 0 saturated carbocycles. The van der Waals surface area contributed by atoms with Gasteiger partial charge in [-0.15, -0.1) is 0 Å². The Morgan fingerprint density at radius 1 is 1.09 bits per heavy atom. The summed E-state index contributed by atoms with van der Waals surface area (Å²) in [5.41, 5.74) is 4.39. The van der Waals surface area contributed by atoms with Crippen LogP contribution in [0.5, 0.6) is 0 Å². The molecule has 0 bridgehead atoms. The zero-order chi connectivity index (χ0) is 14.1. The van der Waals surface area contributed by atoms with E-state index in [1.54, 1.807) is 6.08 Å². The third kappa shape index (κ3) is 3.56. The van der Waals surface area contributed by atoms with Gasteiger partial charge >= 0.3 is 0 Å². The van der Waals surface area contributed by atoms with E-state index in [9.17, 15) is 0 Å². The summed E-state index contributed by atoms with van der Waals surface area (Å²) in [5, 5.41) is 2.50. The first-order valence-electron chi connectivity index (χ1n) is 6.66. The fourth-order valence-electron chi connectivity index (χ4n) is 2.50. The molecule has 3 heteroatoms. The quantitative estimate of drug-likeness (QED) is 0.375. The first kappa shape index (κ1) is 18.8. The summed E-state index contributed by atoms with van der Waals surface area (Å²) < 4.78 is 2.07. The van der Waals surface area contributed by atoms with E-state index in [2.05, 4.69) is 54.0 Å². The Labute approximate surface area is 159 Å².